The van der Waals surface area contributed by atoms with Crippen LogP contribution in [0.5, 0.6) is 5.75 Å². The van der Waals surface area contributed by atoms with Gasteiger partial charge in [0, 0.05) is 17.8 Å². The van der Waals surface area contributed by atoms with Crippen molar-refractivity contribution in [1.82, 2.24) is 9.97 Å². The molecule has 0 bridgehead atoms. The number of aromatic nitrogens is 2. The number of anilines is 1. The van der Waals surface area contributed by atoms with Gasteiger partial charge < -0.3 is 10.4 Å². The molecule has 0 aliphatic heterocycles. The molecule has 2 aromatic rings. The van der Waals surface area contributed by atoms with Crippen molar-refractivity contribution in [3.63, 3.8) is 0 Å². The smallest absolute Gasteiger partial charge is 0.132 e. The van der Waals surface area contributed by atoms with Crippen molar-refractivity contribution >= 4 is 5.82 Å². The van der Waals surface area contributed by atoms with Crippen LogP contribution in [0.4, 0.5) is 5.82 Å². The molecule has 2 N–H and O–H groups in total. The van der Waals surface area contributed by atoms with E-state index in [1.807, 2.05) is 12.1 Å². The zero-order valence-corrected chi connectivity index (χ0v) is 12.2. The SMILES string of the molecule is Oc1ccc(CCNc2ncnc3c2CCCCC3)cc1. The van der Waals surface area contributed by atoms with Gasteiger partial charge in [-0.05, 0) is 49.8 Å². The summed E-state index contributed by atoms with van der Waals surface area (Å²) in [4.78, 5) is 8.85. The highest BCUT2D eigenvalue weighted by atomic mass is 16.3. The standard InChI is InChI=1S/C17H21N3O/c21-14-8-6-13(7-9-14)10-11-18-17-15-4-2-1-3-5-16(15)19-12-20-17/h6-9,12,21H,1-5,10-11H2,(H,18,19,20). The predicted molar refractivity (Wildman–Crippen MR) is 83.6 cm³/mol. The molecule has 0 atom stereocenters. The maximum atomic E-state index is 9.29. The molecule has 0 saturated heterocycles. The molecule has 1 aliphatic carbocycles. The first-order chi connectivity index (χ1) is 10.3. The van der Waals surface area contributed by atoms with Crippen LogP contribution >= 0.6 is 0 Å². The summed E-state index contributed by atoms with van der Waals surface area (Å²) in [6.07, 6.45) is 8.49. The average Bonchev–Trinajstić information content (AvgIpc) is 2.75. The molecule has 1 aliphatic rings. The van der Waals surface area contributed by atoms with Crippen LogP contribution < -0.4 is 5.32 Å². The largest absolute Gasteiger partial charge is 0.508 e. The number of nitrogens with zero attached hydrogens (tertiary/aromatic N) is 2. The van der Waals surface area contributed by atoms with Crippen LogP contribution in [0.1, 0.15) is 36.1 Å². The Morgan fingerprint density at radius 1 is 1.00 bits per heavy atom. The lowest BCUT2D eigenvalue weighted by Crippen LogP contribution is -2.10. The van der Waals surface area contributed by atoms with E-state index in [0.717, 1.165) is 31.6 Å². The van der Waals surface area contributed by atoms with Gasteiger partial charge in [-0.3, -0.25) is 0 Å². The Labute approximate surface area is 125 Å². The van der Waals surface area contributed by atoms with Gasteiger partial charge in [0.25, 0.3) is 0 Å². The van der Waals surface area contributed by atoms with Crippen molar-refractivity contribution < 1.29 is 5.11 Å². The summed E-state index contributed by atoms with van der Waals surface area (Å²) in [6.45, 7) is 0.841. The van der Waals surface area contributed by atoms with Crippen molar-refractivity contribution in [1.29, 1.82) is 0 Å². The first-order valence-electron chi connectivity index (χ1n) is 7.67. The molecule has 4 nitrogen and oxygen atoms in total. The normalized spacial score (nSPS) is 14.3. The third kappa shape index (κ3) is 3.51. The van der Waals surface area contributed by atoms with E-state index in [0.29, 0.717) is 5.75 Å². The number of nitrogens with one attached hydrogen (secondary N) is 1. The molecule has 0 spiro atoms. The fourth-order valence-corrected chi connectivity index (χ4v) is 2.84. The minimum atomic E-state index is 0.313. The Hall–Kier alpha value is -2.10. The Morgan fingerprint density at radius 2 is 1.81 bits per heavy atom. The van der Waals surface area contributed by atoms with E-state index in [1.165, 1.54) is 36.1 Å². The van der Waals surface area contributed by atoms with E-state index in [4.69, 9.17) is 0 Å². The molecular weight excluding hydrogens is 262 g/mol. The van der Waals surface area contributed by atoms with Gasteiger partial charge in [-0.1, -0.05) is 18.6 Å². The molecule has 0 unspecified atom stereocenters. The van der Waals surface area contributed by atoms with Crippen molar-refractivity contribution in [3.8, 4) is 5.75 Å². The van der Waals surface area contributed by atoms with Gasteiger partial charge in [0.2, 0.25) is 0 Å². The maximum absolute atomic E-state index is 9.29. The van der Waals surface area contributed by atoms with Crippen LogP contribution in [-0.2, 0) is 19.3 Å². The molecule has 4 heteroatoms. The monoisotopic (exact) mass is 283 g/mol. The van der Waals surface area contributed by atoms with E-state index in [-0.39, 0.29) is 0 Å². The van der Waals surface area contributed by atoms with Gasteiger partial charge in [0.1, 0.15) is 17.9 Å². The van der Waals surface area contributed by atoms with Gasteiger partial charge >= 0.3 is 0 Å². The summed E-state index contributed by atoms with van der Waals surface area (Å²) in [5, 5.41) is 12.7. The summed E-state index contributed by atoms with van der Waals surface area (Å²) in [7, 11) is 0. The number of benzene rings is 1. The molecular formula is C17H21N3O. The van der Waals surface area contributed by atoms with Crippen molar-refractivity contribution in [3.05, 3.63) is 47.4 Å². The molecule has 21 heavy (non-hydrogen) atoms. The lowest BCUT2D eigenvalue weighted by Gasteiger charge is -2.12. The van der Waals surface area contributed by atoms with Gasteiger partial charge in [-0.2, -0.15) is 0 Å². The fraction of sp³-hybridized carbons (Fsp3) is 0.412. The second kappa shape index (κ2) is 6.57. The number of rotatable bonds is 4. The number of hydrogen-bond acceptors (Lipinski definition) is 4. The van der Waals surface area contributed by atoms with Gasteiger partial charge in [0.15, 0.2) is 0 Å². The molecule has 3 rings (SSSR count). The van der Waals surface area contributed by atoms with Crippen LogP contribution in [0.15, 0.2) is 30.6 Å². The molecule has 1 heterocycles. The second-order valence-corrected chi connectivity index (χ2v) is 5.55. The van der Waals surface area contributed by atoms with Crippen LogP contribution in [0.3, 0.4) is 0 Å². The topological polar surface area (TPSA) is 58.0 Å². The maximum Gasteiger partial charge on any atom is 0.132 e. The fourth-order valence-electron chi connectivity index (χ4n) is 2.84. The quantitative estimate of drug-likeness (QED) is 0.847. The number of hydrogen-bond donors (Lipinski definition) is 2. The summed E-state index contributed by atoms with van der Waals surface area (Å²) < 4.78 is 0. The summed E-state index contributed by atoms with van der Waals surface area (Å²) in [6, 6.07) is 7.37. The molecule has 110 valence electrons. The number of aryl methyl sites for hydroxylation is 1. The number of phenols is 1. The van der Waals surface area contributed by atoms with Crippen LogP contribution in [-0.4, -0.2) is 21.6 Å². The number of fused-ring (bicyclic) bond motifs is 1. The minimum absolute atomic E-state index is 0.313. The van der Waals surface area contributed by atoms with Crippen LogP contribution in [0.25, 0.3) is 0 Å². The highest BCUT2D eigenvalue weighted by Gasteiger charge is 2.13. The summed E-state index contributed by atoms with van der Waals surface area (Å²) in [5.41, 5.74) is 3.73. The third-order valence-electron chi connectivity index (χ3n) is 4.02. The van der Waals surface area contributed by atoms with Crippen LogP contribution in [0.2, 0.25) is 0 Å². The van der Waals surface area contributed by atoms with E-state index >= 15 is 0 Å². The molecule has 1 aromatic heterocycles. The molecule has 0 saturated carbocycles. The number of aromatic hydroxyl groups is 1. The average molecular weight is 283 g/mol. The van der Waals surface area contributed by atoms with Gasteiger partial charge in [-0.25, -0.2) is 9.97 Å². The lowest BCUT2D eigenvalue weighted by molar-refractivity contribution is 0.475. The zero-order chi connectivity index (χ0) is 14.5. The summed E-state index contributed by atoms with van der Waals surface area (Å²) >= 11 is 0. The Morgan fingerprint density at radius 3 is 2.67 bits per heavy atom. The molecule has 0 fully saturated rings. The van der Waals surface area contributed by atoms with Crippen molar-refractivity contribution in [2.24, 2.45) is 0 Å². The van der Waals surface area contributed by atoms with E-state index < -0.39 is 0 Å². The molecule has 1 aromatic carbocycles. The molecule has 0 radical (unpaired) electrons. The Balaban J connectivity index is 1.64. The van der Waals surface area contributed by atoms with Crippen molar-refractivity contribution in [2.45, 2.75) is 38.5 Å². The predicted octanol–water partition coefficient (Wildman–Crippen LogP) is 3.11. The van der Waals surface area contributed by atoms with Crippen molar-refractivity contribution in [2.75, 3.05) is 11.9 Å². The zero-order valence-electron chi connectivity index (χ0n) is 12.2. The summed E-state index contributed by atoms with van der Waals surface area (Å²) in [5.74, 6) is 1.31. The van der Waals surface area contributed by atoms with Gasteiger partial charge in [-0.15, -0.1) is 0 Å². The second-order valence-electron chi connectivity index (χ2n) is 5.55. The Kier molecular flexibility index (Phi) is 4.34. The minimum Gasteiger partial charge on any atom is -0.508 e. The number of phenolic OH excluding ortho intramolecular Hbond substituents is 1. The first kappa shape index (κ1) is 13.9. The van der Waals surface area contributed by atoms with Gasteiger partial charge in [0.05, 0.1) is 0 Å². The lowest BCUT2D eigenvalue weighted by atomic mass is 10.1. The van der Waals surface area contributed by atoms with E-state index in [2.05, 4.69) is 15.3 Å². The van der Waals surface area contributed by atoms with E-state index in [9.17, 15) is 5.11 Å². The third-order valence-corrected chi connectivity index (χ3v) is 4.02. The first-order valence-corrected chi connectivity index (χ1v) is 7.67. The van der Waals surface area contributed by atoms with E-state index in [1.54, 1.807) is 18.5 Å². The molecule has 0 amide bonds. The Bertz CT molecular complexity index is 595. The highest BCUT2D eigenvalue weighted by molar-refractivity contribution is 5.46. The highest BCUT2D eigenvalue weighted by Crippen LogP contribution is 2.23. The van der Waals surface area contributed by atoms with Crippen LogP contribution in [0, 0.1) is 0 Å².